The van der Waals surface area contributed by atoms with Crippen LogP contribution in [-0.4, -0.2) is 34.6 Å². The second-order valence-electron chi connectivity index (χ2n) is 9.08. The number of halogens is 2. The lowest BCUT2D eigenvalue weighted by molar-refractivity contribution is -0.122. The molecule has 7 nitrogen and oxygen atoms in total. The molecule has 1 fully saturated rings. The Balaban J connectivity index is 1.61. The average molecular weight is 589 g/mol. The van der Waals surface area contributed by atoms with Gasteiger partial charge < -0.3 is 9.30 Å². The van der Waals surface area contributed by atoms with Gasteiger partial charge in [-0.2, -0.15) is 0 Å². The zero-order valence-corrected chi connectivity index (χ0v) is 24.0. The van der Waals surface area contributed by atoms with E-state index in [2.05, 4.69) is 5.32 Å². The highest BCUT2D eigenvalue weighted by Gasteiger charge is 2.36. The summed E-state index contributed by atoms with van der Waals surface area (Å²) < 4.78 is 7.14. The summed E-state index contributed by atoms with van der Waals surface area (Å²) in [7, 11) is 1.39. The van der Waals surface area contributed by atoms with E-state index in [9.17, 15) is 14.4 Å². The first-order chi connectivity index (χ1) is 18.1. The molecule has 0 radical (unpaired) electrons. The van der Waals surface area contributed by atoms with Crippen molar-refractivity contribution in [2.75, 3.05) is 12.0 Å². The van der Waals surface area contributed by atoms with Gasteiger partial charge in [0.05, 0.1) is 28.4 Å². The van der Waals surface area contributed by atoms with Gasteiger partial charge in [0.25, 0.3) is 11.8 Å². The topological polar surface area (TPSA) is 80.6 Å². The Kier molecular flexibility index (Phi) is 7.21. The predicted molar refractivity (Wildman–Crippen MR) is 154 cm³/mol. The molecule has 2 aliphatic rings. The van der Waals surface area contributed by atoms with Gasteiger partial charge in [-0.15, -0.1) is 11.3 Å². The highest BCUT2D eigenvalue weighted by Crippen LogP contribution is 2.40. The van der Waals surface area contributed by atoms with Gasteiger partial charge in [-0.25, -0.2) is 4.79 Å². The fourth-order valence-electron chi connectivity index (χ4n) is 4.96. The summed E-state index contributed by atoms with van der Waals surface area (Å²) in [6, 6.07) is 6.73. The number of aromatic nitrogens is 1. The van der Waals surface area contributed by atoms with Gasteiger partial charge >= 0.3 is 5.97 Å². The Labute approximate surface area is 239 Å². The third-order valence-electron chi connectivity index (χ3n) is 6.79. The number of ether oxygens (including phenoxy) is 1. The molecule has 1 aliphatic carbocycles. The number of thiocarbonyl (C=S) groups is 1. The summed E-state index contributed by atoms with van der Waals surface area (Å²) in [6.07, 6.45) is 5.41. The van der Waals surface area contributed by atoms with Crippen LogP contribution in [0.15, 0.2) is 29.8 Å². The SMILES string of the molecule is COC(=O)c1c(-n2c(C)cc(/C=C3\C(=O)NC(=S)N(c4cccc(Cl)c4Cl)C3=O)c2C)sc2c1CCCC2. The van der Waals surface area contributed by atoms with Crippen LogP contribution in [0.3, 0.4) is 0 Å². The van der Waals surface area contributed by atoms with Gasteiger partial charge in [0, 0.05) is 16.3 Å². The zero-order valence-electron chi connectivity index (χ0n) is 20.8. The van der Waals surface area contributed by atoms with Crippen LogP contribution in [0.1, 0.15) is 50.6 Å². The number of hydrogen-bond donors (Lipinski definition) is 1. The molecule has 0 unspecified atom stereocenters. The van der Waals surface area contributed by atoms with Crippen LogP contribution in [0, 0.1) is 13.8 Å². The first-order valence-electron chi connectivity index (χ1n) is 11.9. The molecule has 11 heteroatoms. The number of nitrogens with one attached hydrogen (secondary N) is 1. The number of methoxy groups -OCH3 is 1. The Morgan fingerprint density at radius 3 is 2.66 bits per heavy atom. The maximum Gasteiger partial charge on any atom is 0.341 e. The highest BCUT2D eigenvalue weighted by atomic mass is 35.5. The minimum atomic E-state index is -0.616. The standard InChI is InChI=1S/C27H23Cl2N3O4S2/c1-13-11-15(14(2)31(13)25-21(26(35)36-3)16-7-4-5-10-20(16)38-25)12-17-23(33)30-27(37)32(24(17)34)19-9-6-8-18(28)22(19)29/h6,8-9,11-12H,4-5,7,10H2,1-3H3,(H,30,33,37)/b17-12+. The van der Waals surface area contributed by atoms with E-state index in [1.54, 1.807) is 29.5 Å². The lowest BCUT2D eigenvalue weighted by atomic mass is 9.95. The molecular formula is C27H23Cl2N3O4S2. The Hall–Kier alpha value is -2.98. The molecule has 5 rings (SSSR count). The van der Waals surface area contributed by atoms with E-state index in [0.29, 0.717) is 11.1 Å². The molecule has 3 heterocycles. The number of hydrogen-bond acceptors (Lipinski definition) is 6. The molecule has 1 saturated heterocycles. The Morgan fingerprint density at radius 1 is 1.18 bits per heavy atom. The first-order valence-corrected chi connectivity index (χ1v) is 13.9. The molecule has 1 N–H and O–H groups in total. The van der Waals surface area contributed by atoms with Crippen molar-refractivity contribution in [1.29, 1.82) is 0 Å². The summed E-state index contributed by atoms with van der Waals surface area (Å²) in [5.74, 6) is -1.59. The number of anilines is 1. The van der Waals surface area contributed by atoms with Gasteiger partial charge in [0.15, 0.2) is 5.11 Å². The minimum Gasteiger partial charge on any atom is -0.465 e. The smallest absolute Gasteiger partial charge is 0.341 e. The molecule has 0 bridgehead atoms. The number of esters is 1. The highest BCUT2D eigenvalue weighted by molar-refractivity contribution is 7.80. The van der Waals surface area contributed by atoms with Gasteiger partial charge in [0.2, 0.25) is 0 Å². The number of nitrogens with zero attached hydrogens (tertiary/aromatic N) is 2. The molecule has 2 amide bonds. The van der Waals surface area contributed by atoms with Gasteiger partial charge in [0.1, 0.15) is 10.6 Å². The van der Waals surface area contributed by atoms with E-state index in [-0.39, 0.29) is 32.4 Å². The molecule has 3 aromatic rings. The molecule has 0 atom stereocenters. The van der Waals surface area contributed by atoms with Crippen LogP contribution >= 0.6 is 46.8 Å². The van der Waals surface area contributed by atoms with Crippen LogP contribution in [0.4, 0.5) is 5.69 Å². The molecule has 2 aromatic heterocycles. The van der Waals surface area contributed by atoms with Crippen molar-refractivity contribution < 1.29 is 19.1 Å². The van der Waals surface area contributed by atoms with Crippen molar-refractivity contribution in [1.82, 2.24) is 9.88 Å². The second-order valence-corrected chi connectivity index (χ2v) is 11.3. The maximum atomic E-state index is 13.5. The predicted octanol–water partition coefficient (Wildman–Crippen LogP) is 5.96. The number of thiophene rings is 1. The number of fused-ring (bicyclic) bond motifs is 1. The number of aryl methyl sites for hydroxylation is 2. The van der Waals surface area contributed by atoms with Gasteiger partial charge in [-0.05, 0) is 87.2 Å². The van der Waals surface area contributed by atoms with Crippen molar-refractivity contribution in [2.24, 2.45) is 0 Å². The first kappa shape index (κ1) is 26.6. The number of rotatable bonds is 4. The van der Waals surface area contributed by atoms with E-state index in [4.69, 9.17) is 40.2 Å². The van der Waals surface area contributed by atoms with Gasteiger partial charge in [-0.1, -0.05) is 29.3 Å². The largest absolute Gasteiger partial charge is 0.465 e. The zero-order chi connectivity index (χ0) is 27.3. The third-order valence-corrected chi connectivity index (χ3v) is 9.16. The molecule has 1 aromatic carbocycles. The van der Waals surface area contributed by atoms with Crippen molar-refractivity contribution >= 4 is 81.4 Å². The second kappa shape index (κ2) is 10.3. The molecular weight excluding hydrogens is 565 g/mol. The lowest BCUT2D eigenvalue weighted by Crippen LogP contribution is -2.54. The normalized spacial score (nSPS) is 16.6. The van der Waals surface area contributed by atoms with Crippen molar-refractivity contribution in [3.63, 3.8) is 0 Å². The molecule has 0 saturated carbocycles. The lowest BCUT2D eigenvalue weighted by Gasteiger charge is -2.29. The van der Waals surface area contributed by atoms with Crippen LogP contribution in [0.2, 0.25) is 10.0 Å². The van der Waals surface area contributed by atoms with Crippen LogP contribution < -0.4 is 10.2 Å². The summed E-state index contributed by atoms with van der Waals surface area (Å²) >= 11 is 19.4. The monoisotopic (exact) mass is 587 g/mol. The van der Waals surface area contributed by atoms with E-state index in [1.165, 1.54) is 23.0 Å². The van der Waals surface area contributed by atoms with Crippen LogP contribution in [-0.2, 0) is 27.2 Å². The van der Waals surface area contributed by atoms with Crippen LogP contribution in [0.25, 0.3) is 11.1 Å². The maximum absolute atomic E-state index is 13.5. The molecule has 38 heavy (non-hydrogen) atoms. The average Bonchev–Trinajstić information content (AvgIpc) is 3.39. The summed E-state index contributed by atoms with van der Waals surface area (Å²) in [4.78, 5) is 41.7. The van der Waals surface area contributed by atoms with E-state index in [1.807, 2.05) is 24.5 Å². The van der Waals surface area contributed by atoms with Crippen molar-refractivity contribution in [3.05, 3.63) is 72.8 Å². The van der Waals surface area contributed by atoms with Crippen molar-refractivity contribution in [2.45, 2.75) is 39.5 Å². The summed E-state index contributed by atoms with van der Waals surface area (Å²) in [6.45, 7) is 3.81. The van der Waals surface area contributed by atoms with E-state index < -0.39 is 11.8 Å². The van der Waals surface area contributed by atoms with Gasteiger partial charge in [-0.3, -0.25) is 19.8 Å². The Bertz CT molecular complexity index is 1570. The van der Waals surface area contributed by atoms with E-state index in [0.717, 1.165) is 47.6 Å². The fraction of sp³-hybridized carbons (Fsp3) is 0.259. The van der Waals surface area contributed by atoms with Crippen molar-refractivity contribution in [3.8, 4) is 5.00 Å². The third kappa shape index (κ3) is 4.37. The van der Waals surface area contributed by atoms with Crippen LogP contribution in [0.5, 0.6) is 0 Å². The number of carbonyl (C=O) groups is 3. The number of amides is 2. The quantitative estimate of drug-likeness (QED) is 0.176. The Morgan fingerprint density at radius 2 is 1.92 bits per heavy atom. The van der Waals surface area contributed by atoms with E-state index >= 15 is 0 Å². The molecule has 196 valence electrons. The number of carbonyl (C=O) groups excluding carboxylic acids is 3. The fourth-order valence-corrected chi connectivity index (χ4v) is 7.11. The number of benzene rings is 1. The molecule has 0 spiro atoms. The minimum absolute atomic E-state index is 0.0846. The summed E-state index contributed by atoms with van der Waals surface area (Å²) in [5, 5.41) is 3.68. The summed E-state index contributed by atoms with van der Waals surface area (Å²) in [5.41, 5.74) is 4.11. The molecule has 1 aliphatic heterocycles.